The van der Waals surface area contributed by atoms with Gasteiger partial charge in [0.05, 0.1) is 17.9 Å². The van der Waals surface area contributed by atoms with Crippen LogP contribution in [0.25, 0.3) is 11.5 Å². The molecule has 1 unspecified atom stereocenters. The second kappa shape index (κ2) is 7.25. The molecule has 26 heavy (non-hydrogen) atoms. The topological polar surface area (TPSA) is 84.2 Å². The average molecular weight is 369 g/mol. The molecular formula is C18H19N5O2S. The Hall–Kier alpha value is -2.74. The highest BCUT2D eigenvalue weighted by Gasteiger charge is 2.27. The number of carbonyl (C=O) groups excluding carboxylic acids is 1. The first-order valence-corrected chi connectivity index (χ1v) is 9.42. The number of rotatable bonds is 4. The lowest BCUT2D eigenvalue weighted by atomic mass is 9.97. The Balaban J connectivity index is 1.42. The van der Waals surface area contributed by atoms with E-state index in [2.05, 4.69) is 25.4 Å². The number of amides is 1. The molecule has 1 amide bonds. The third-order valence-corrected chi connectivity index (χ3v) is 5.26. The first-order valence-electron chi connectivity index (χ1n) is 8.54. The van der Waals surface area contributed by atoms with Crippen LogP contribution in [-0.2, 0) is 4.79 Å². The molecule has 0 saturated carbocycles. The van der Waals surface area contributed by atoms with Gasteiger partial charge in [0, 0.05) is 18.5 Å². The molecule has 7 nitrogen and oxygen atoms in total. The van der Waals surface area contributed by atoms with E-state index in [9.17, 15) is 4.79 Å². The van der Waals surface area contributed by atoms with Crippen molar-refractivity contribution in [3.8, 4) is 11.5 Å². The van der Waals surface area contributed by atoms with Gasteiger partial charge in [-0.3, -0.25) is 4.79 Å². The predicted molar refractivity (Wildman–Crippen MR) is 100 cm³/mol. The van der Waals surface area contributed by atoms with Gasteiger partial charge in [-0.25, -0.2) is 4.98 Å². The fourth-order valence-electron chi connectivity index (χ4n) is 3.07. The minimum absolute atomic E-state index is 0.0178. The molecule has 1 N–H and O–H groups in total. The van der Waals surface area contributed by atoms with Crippen LogP contribution in [0.4, 0.5) is 10.9 Å². The molecule has 134 valence electrons. The highest BCUT2D eigenvalue weighted by molar-refractivity contribution is 7.13. The molecule has 8 heteroatoms. The molecule has 0 bridgehead atoms. The van der Waals surface area contributed by atoms with Crippen LogP contribution in [0.15, 0.2) is 40.3 Å². The molecule has 1 aliphatic rings. The summed E-state index contributed by atoms with van der Waals surface area (Å²) in [5.41, 5.74) is 1.62. The molecule has 3 aromatic rings. The van der Waals surface area contributed by atoms with Crippen LogP contribution in [-0.4, -0.2) is 34.2 Å². The molecule has 1 atom stereocenters. The Morgan fingerprint density at radius 3 is 2.96 bits per heavy atom. The number of piperidine rings is 1. The molecule has 1 saturated heterocycles. The standard InChI is InChI=1S/C18H19N5O2S/c1-12-11-26-18(19-12)20-17(24)13-4-2-8-23(10-13)16-7-6-14(21-22-16)15-5-3-9-25-15/h3,5-7,9,11,13H,2,4,8,10H2,1H3,(H,19,20,24). The van der Waals surface area contributed by atoms with Crippen molar-refractivity contribution < 1.29 is 9.21 Å². The van der Waals surface area contributed by atoms with Gasteiger partial charge in [-0.05, 0) is 44.0 Å². The van der Waals surface area contributed by atoms with Crippen LogP contribution >= 0.6 is 11.3 Å². The van der Waals surface area contributed by atoms with Gasteiger partial charge in [-0.1, -0.05) is 0 Å². The Kier molecular flexibility index (Phi) is 4.66. The summed E-state index contributed by atoms with van der Waals surface area (Å²) in [4.78, 5) is 19.0. The van der Waals surface area contributed by atoms with Crippen molar-refractivity contribution >= 4 is 28.2 Å². The number of anilines is 2. The van der Waals surface area contributed by atoms with E-state index in [1.165, 1.54) is 11.3 Å². The molecule has 1 fully saturated rings. The maximum atomic E-state index is 12.5. The maximum absolute atomic E-state index is 12.5. The van der Waals surface area contributed by atoms with Gasteiger partial charge in [-0.15, -0.1) is 21.5 Å². The normalized spacial score (nSPS) is 17.3. The predicted octanol–water partition coefficient (Wildman–Crippen LogP) is 3.36. The summed E-state index contributed by atoms with van der Waals surface area (Å²) in [6.45, 7) is 3.42. The average Bonchev–Trinajstić information content (AvgIpc) is 3.34. The summed E-state index contributed by atoms with van der Waals surface area (Å²) in [5.74, 6) is 1.41. The summed E-state index contributed by atoms with van der Waals surface area (Å²) in [7, 11) is 0. The molecule has 4 heterocycles. The van der Waals surface area contributed by atoms with Crippen molar-refractivity contribution in [2.45, 2.75) is 19.8 Å². The molecule has 0 spiro atoms. The lowest BCUT2D eigenvalue weighted by Gasteiger charge is -2.32. The van der Waals surface area contributed by atoms with E-state index in [-0.39, 0.29) is 11.8 Å². The molecule has 0 radical (unpaired) electrons. The second-order valence-electron chi connectivity index (χ2n) is 6.32. The van der Waals surface area contributed by atoms with Gasteiger partial charge in [-0.2, -0.15) is 0 Å². The minimum Gasteiger partial charge on any atom is -0.463 e. The van der Waals surface area contributed by atoms with Gasteiger partial charge in [0.15, 0.2) is 16.7 Å². The van der Waals surface area contributed by atoms with E-state index in [0.29, 0.717) is 23.1 Å². The van der Waals surface area contributed by atoms with E-state index < -0.39 is 0 Å². The smallest absolute Gasteiger partial charge is 0.231 e. The van der Waals surface area contributed by atoms with Crippen LogP contribution in [0.1, 0.15) is 18.5 Å². The number of hydrogen-bond acceptors (Lipinski definition) is 7. The van der Waals surface area contributed by atoms with E-state index in [1.54, 1.807) is 6.26 Å². The molecule has 1 aliphatic heterocycles. The lowest BCUT2D eigenvalue weighted by Crippen LogP contribution is -2.41. The molecule has 3 aromatic heterocycles. The van der Waals surface area contributed by atoms with Gasteiger partial charge in [0.25, 0.3) is 0 Å². The van der Waals surface area contributed by atoms with Crippen molar-refractivity contribution in [2.75, 3.05) is 23.3 Å². The van der Waals surface area contributed by atoms with E-state index >= 15 is 0 Å². The number of aryl methyl sites for hydroxylation is 1. The van der Waals surface area contributed by atoms with Crippen molar-refractivity contribution in [1.82, 2.24) is 15.2 Å². The van der Waals surface area contributed by atoms with Gasteiger partial charge < -0.3 is 14.6 Å². The first kappa shape index (κ1) is 16.7. The van der Waals surface area contributed by atoms with Crippen molar-refractivity contribution in [3.63, 3.8) is 0 Å². The fraction of sp³-hybridized carbons (Fsp3) is 0.333. The number of furan rings is 1. The highest BCUT2D eigenvalue weighted by Crippen LogP contribution is 2.25. The number of nitrogens with one attached hydrogen (secondary N) is 1. The van der Waals surface area contributed by atoms with Gasteiger partial charge >= 0.3 is 0 Å². The zero-order valence-electron chi connectivity index (χ0n) is 14.4. The zero-order valence-corrected chi connectivity index (χ0v) is 15.2. The summed E-state index contributed by atoms with van der Waals surface area (Å²) in [6, 6.07) is 7.49. The van der Waals surface area contributed by atoms with Crippen molar-refractivity contribution in [2.24, 2.45) is 5.92 Å². The Bertz CT molecular complexity index is 875. The SMILES string of the molecule is Cc1csc(NC(=O)C2CCCN(c3ccc(-c4ccco4)nn3)C2)n1. The summed E-state index contributed by atoms with van der Waals surface area (Å²) in [5, 5.41) is 14.1. The van der Waals surface area contributed by atoms with Crippen LogP contribution < -0.4 is 10.2 Å². The lowest BCUT2D eigenvalue weighted by molar-refractivity contribution is -0.120. The van der Waals surface area contributed by atoms with E-state index in [1.807, 2.05) is 36.6 Å². The summed E-state index contributed by atoms with van der Waals surface area (Å²) < 4.78 is 5.34. The number of aromatic nitrogens is 3. The summed E-state index contributed by atoms with van der Waals surface area (Å²) in [6.07, 6.45) is 3.42. The first-order chi connectivity index (χ1) is 12.7. The molecule has 0 aliphatic carbocycles. The van der Waals surface area contributed by atoms with Gasteiger partial charge in [0.2, 0.25) is 5.91 Å². The minimum atomic E-state index is -0.0838. The monoisotopic (exact) mass is 369 g/mol. The third kappa shape index (κ3) is 3.60. The third-order valence-electron chi connectivity index (χ3n) is 4.39. The van der Waals surface area contributed by atoms with Crippen LogP contribution in [0.3, 0.4) is 0 Å². The Labute approximate surface area is 155 Å². The number of carbonyl (C=O) groups is 1. The number of hydrogen-bond donors (Lipinski definition) is 1. The van der Waals surface area contributed by atoms with Crippen molar-refractivity contribution in [3.05, 3.63) is 41.6 Å². The quantitative estimate of drug-likeness (QED) is 0.759. The van der Waals surface area contributed by atoms with Crippen LogP contribution in [0, 0.1) is 12.8 Å². The highest BCUT2D eigenvalue weighted by atomic mass is 32.1. The Morgan fingerprint density at radius 1 is 1.35 bits per heavy atom. The summed E-state index contributed by atoms with van der Waals surface area (Å²) >= 11 is 1.45. The number of thiazole rings is 1. The second-order valence-corrected chi connectivity index (χ2v) is 7.18. The van der Waals surface area contributed by atoms with E-state index in [0.717, 1.165) is 30.9 Å². The zero-order chi connectivity index (χ0) is 17.9. The van der Waals surface area contributed by atoms with Gasteiger partial charge in [0.1, 0.15) is 5.69 Å². The fourth-order valence-corrected chi connectivity index (χ4v) is 3.76. The Morgan fingerprint density at radius 2 is 2.27 bits per heavy atom. The van der Waals surface area contributed by atoms with Crippen molar-refractivity contribution in [1.29, 1.82) is 0 Å². The largest absolute Gasteiger partial charge is 0.463 e. The van der Waals surface area contributed by atoms with Crippen LogP contribution in [0.2, 0.25) is 0 Å². The maximum Gasteiger partial charge on any atom is 0.231 e. The molecular weight excluding hydrogens is 350 g/mol. The molecule has 4 rings (SSSR count). The molecule has 0 aromatic carbocycles. The number of nitrogens with zero attached hydrogens (tertiary/aromatic N) is 4. The van der Waals surface area contributed by atoms with E-state index in [4.69, 9.17) is 4.42 Å². The van der Waals surface area contributed by atoms with Crippen LogP contribution in [0.5, 0.6) is 0 Å².